The van der Waals surface area contributed by atoms with E-state index in [2.05, 4.69) is 0 Å². The lowest BCUT2D eigenvalue weighted by molar-refractivity contribution is -0.124. The molecule has 2 N–H and O–H groups in total. The maximum atomic E-state index is 13.7. The van der Waals surface area contributed by atoms with Gasteiger partial charge in [0, 0.05) is 24.7 Å². The molecule has 0 fully saturated rings. The Hall–Kier alpha value is -2.71. The summed E-state index contributed by atoms with van der Waals surface area (Å²) in [5, 5.41) is 8.40. The molecule has 2 rings (SSSR count). The van der Waals surface area contributed by atoms with E-state index in [0.29, 0.717) is 18.2 Å². The van der Waals surface area contributed by atoms with Crippen LogP contribution in [0.1, 0.15) is 16.7 Å². The fraction of sp³-hybridized carbons (Fsp3) is 0.167. The number of carbonyl (C=O) groups excluding carboxylic acids is 1. The van der Waals surface area contributed by atoms with Gasteiger partial charge in [-0.2, -0.15) is 0 Å². The van der Waals surface area contributed by atoms with Crippen molar-refractivity contribution in [2.24, 2.45) is 0 Å². The van der Waals surface area contributed by atoms with Gasteiger partial charge in [-0.05, 0) is 30.3 Å². The van der Waals surface area contributed by atoms with Crippen LogP contribution in [0.25, 0.3) is 6.08 Å². The maximum Gasteiger partial charge on any atom is 0.267 e. The van der Waals surface area contributed by atoms with Crippen LogP contribution >= 0.6 is 0 Å². The van der Waals surface area contributed by atoms with Crippen molar-refractivity contribution in [3.63, 3.8) is 0 Å². The minimum atomic E-state index is -1.83. The van der Waals surface area contributed by atoms with Crippen molar-refractivity contribution in [3.05, 3.63) is 76.4 Å². The van der Waals surface area contributed by atoms with Crippen LogP contribution in [0.5, 0.6) is 0 Å². The highest BCUT2D eigenvalue weighted by molar-refractivity contribution is 5.90. The monoisotopic (exact) mass is 368 g/mol. The minimum Gasteiger partial charge on any atom is -0.298 e. The van der Waals surface area contributed by atoms with Gasteiger partial charge in [0.2, 0.25) is 0 Å². The summed E-state index contributed by atoms with van der Waals surface area (Å²) in [5.74, 6) is -7.15. The second-order valence-corrected chi connectivity index (χ2v) is 5.68. The zero-order valence-electron chi connectivity index (χ0n) is 13.8. The number of hydrogen-bond acceptors (Lipinski definition) is 3. The third-order valence-corrected chi connectivity index (χ3v) is 3.59. The second-order valence-electron chi connectivity index (χ2n) is 5.68. The Morgan fingerprint density at radius 1 is 1.08 bits per heavy atom. The molecule has 26 heavy (non-hydrogen) atoms. The molecule has 2 aromatic rings. The van der Waals surface area contributed by atoms with Crippen molar-refractivity contribution >= 4 is 12.0 Å². The number of hydrogen-bond donors (Lipinski definition) is 2. The van der Waals surface area contributed by atoms with Gasteiger partial charge in [-0.3, -0.25) is 14.9 Å². The molecule has 0 spiro atoms. The number of carbonyl (C=O) groups is 1. The SMILES string of the molecule is CN(Cc1ccc(/C=C/C(=O)NO)cc1)Cc1cc(F)c(F)c(F)c1F. The lowest BCUT2D eigenvalue weighted by Crippen LogP contribution is -2.19. The number of hydroxylamine groups is 1. The van der Waals surface area contributed by atoms with E-state index in [1.165, 1.54) is 11.6 Å². The van der Waals surface area contributed by atoms with E-state index in [1.807, 2.05) is 0 Å². The maximum absolute atomic E-state index is 13.7. The lowest BCUT2D eigenvalue weighted by atomic mass is 10.1. The van der Waals surface area contributed by atoms with Crippen molar-refractivity contribution in [1.29, 1.82) is 0 Å². The zero-order valence-corrected chi connectivity index (χ0v) is 13.8. The summed E-state index contributed by atoms with van der Waals surface area (Å²) >= 11 is 0. The summed E-state index contributed by atoms with van der Waals surface area (Å²) in [6.07, 6.45) is 2.65. The van der Waals surface area contributed by atoms with Gasteiger partial charge in [-0.1, -0.05) is 24.3 Å². The Kier molecular flexibility index (Phi) is 6.48. The van der Waals surface area contributed by atoms with Gasteiger partial charge in [0.05, 0.1) is 0 Å². The van der Waals surface area contributed by atoms with Crippen LogP contribution in [0.2, 0.25) is 0 Å². The number of halogens is 4. The van der Waals surface area contributed by atoms with Gasteiger partial charge in [-0.25, -0.2) is 23.0 Å². The summed E-state index contributed by atoms with van der Waals surface area (Å²) in [4.78, 5) is 12.5. The number of rotatable bonds is 6. The molecule has 0 aliphatic rings. The molecule has 138 valence electrons. The Morgan fingerprint density at radius 3 is 2.35 bits per heavy atom. The third-order valence-electron chi connectivity index (χ3n) is 3.59. The van der Waals surface area contributed by atoms with E-state index >= 15 is 0 Å². The topological polar surface area (TPSA) is 52.6 Å². The normalized spacial score (nSPS) is 11.3. The van der Waals surface area contributed by atoms with Crippen LogP contribution in [0.4, 0.5) is 17.6 Å². The predicted molar refractivity (Wildman–Crippen MR) is 86.9 cm³/mol. The van der Waals surface area contributed by atoms with Crippen LogP contribution in [-0.4, -0.2) is 23.1 Å². The molecule has 0 unspecified atom stereocenters. The Balaban J connectivity index is 2.03. The molecule has 1 amide bonds. The van der Waals surface area contributed by atoms with Crippen molar-refractivity contribution in [2.75, 3.05) is 7.05 Å². The Bertz CT molecular complexity index is 823. The first-order valence-electron chi connectivity index (χ1n) is 7.53. The first kappa shape index (κ1) is 19.6. The molecule has 0 atom stereocenters. The largest absolute Gasteiger partial charge is 0.298 e. The highest BCUT2D eigenvalue weighted by Crippen LogP contribution is 2.20. The summed E-state index contributed by atoms with van der Waals surface area (Å²) in [5.41, 5.74) is 2.74. The standard InChI is InChI=1S/C18H16F4N2O2/c1-24(10-13-8-14(19)17(21)18(22)16(13)20)9-12-4-2-11(3-5-12)6-7-15(25)23-26/h2-8,26H,9-10H2,1H3,(H,23,25)/b7-6+. The van der Waals surface area contributed by atoms with E-state index < -0.39 is 29.2 Å². The summed E-state index contributed by atoms with van der Waals surface area (Å²) in [6, 6.07) is 7.61. The number of nitrogens with one attached hydrogen (secondary N) is 1. The van der Waals surface area contributed by atoms with Crippen molar-refractivity contribution in [1.82, 2.24) is 10.4 Å². The molecule has 2 aromatic carbocycles. The number of amides is 1. The summed E-state index contributed by atoms with van der Waals surface area (Å²) < 4.78 is 53.2. The van der Waals surface area contributed by atoms with E-state index in [0.717, 1.165) is 11.6 Å². The lowest BCUT2D eigenvalue weighted by Gasteiger charge is -2.18. The molecule has 0 aliphatic carbocycles. The van der Waals surface area contributed by atoms with E-state index in [9.17, 15) is 22.4 Å². The van der Waals surface area contributed by atoms with Crippen LogP contribution in [0.15, 0.2) is 36.4 Å². The van der Waals surface area contributed by atoms with Crippen molar-refractivity contribution in [3.8, 4) is 0 Å². The van der Waals surface area contributed by atoms with Gasteiger partial charge in [0.1, 0.15) is 0 Å². The van der Waals surface area contributed by atoms with Gasteiger partial charge in [0.15, 0.2) is 23.3 Å². The third kappa shape index (κ3) is 4.90. The first-order chi connectivity index (χ1) is 12.3. The molecular formula is C18H16F4N2O2. The average Bonchev–Trinajstić information content (AvgIpc) is 2.63. The highest BCUT2D eigenvalue weighted by Gasteiger charge is 2.19. The highest BCUT2D eigenvalue weighted by atomic mass is 19.2. The average molecular weight is 368 g/mol. The van der Waals surface area contributed by atoms with Gasteiger partial charge in [-0.15, -0.1) is 0 Å². The Labute approximate surface area is 147 Å². The number of nitrogens with zero attached hydrogens (tertiary/aromatic N) is 1. The van der Waals surface area contributed by atoms with Crippen LogP contribution < -0.4 is 5.48 Å². The minimum absolute atomic E-state index is 0.113. The molecule has 0 aliphatic heterocycles. The van der Waals surface area contributed by atoms with Gasteiger partial charge < -0.3 is 0 Å². The Morgan fingerprint density at radius 2 is 1.73 bits per heavy atom. The molecule has 4 nitrogen and oxygen atoms in total. The molecule has 8 heteroatoms. The zero-order chi connectivity index (χ0) is 19.3. The van der Waals surface area contributed by atoms with Gasteiger partial charge >= 0.3 is 0 Å². The molecule has 0 aromatic heterocycles. The number of benzene rings is 2. The van der Waals surface area contributed by atoms with Crippen molar-refractivity contribution < 1.29 is 27.6 Å². The predicted octanol–water partition coefficient (Wildman–Crippen LogP) is 3.39. The smallest absolute Gasteiger partial charge is 0.267 e. The second kappa shape index (κ2) is 8.59. The van der Waals surface area contributed by atoms with E-state index in [1.54, 1.807) is 36.2 Å². The quantitative estimate of drug-likeness (QED) is 0.205. The molecule has 0 radical (unpaired) electrons. The van der Waals surface area contributed by atoms with E-state index in [4.69, 9.17) is 5.21 Å². The molecule has 0 saturated carbocycles. The fourth-order valence-corrected chi connectivity index (χ4v) is 2.34. The van der Waals surface area contributed by atoms with Crippen LogP contribution in [-0.2, 0) is 17.9 Å². The fourth-order valence-electron chi connectivity index (χ4n) is 2.34. The molecule has 0 bridgehead atoms. The first-order valence-corrected chi connectivity index (χ1v) is 7.53. The van der Waals surface area contributed by atoms with E-state index in [-0.39, 0.29) is 12.1 Å². The van der Waals surface area contributed by atoms with Gasteiger partial charge in [0.25, 0.3) is 5.91 Å². The molecular weight excluding hydrogens is 352 g/mol. The molecule has 0 saturated heterocycles. The molecule has 0 heterocycles. The summed E-state index contributed by atoms with van der Waals surface area (Å²) in [7, 11) is 1.62. The summed E-state index contributed by atoms with van der Waals surface area (Å²) in [6.45, 7) is 0.236. The van der Waals surface area contributed by atoms with Crippen LogP contribution in [0, 0.1) is 23.3 Å². The van der Waals surface area contributed by atoms with Crippen LogP contribution in [0.3, 0.4) is 0 Å². The van der Waals surface area contributed by atoms with Crippen molar-refractivity contribution in [2.45, 2.75) is 13.1 Å².